The number of carbonyl (C=O) groups is 1. The number of piperazine rings is 1. The quantitative estimate of drug-likeness (QED) is 0.609. The lowest BCUT2D eigenvalue weighted by atomic mass is 10.1. The van der Waals surface area contributed by atoms with Crippen LogP contribution in [0.3, 0.4) is 0 Å². The summed E-state index contributed by atoms with van der Waals surface area (Å²) in [5.74, 6) is 0.148. The maximum absolute atomic E-state index is 12.7. The number of amides is 1. The van der Waals surface area contributed by atoms with Gasteiger partial charge < -0.3 is 4.90 Å². The number of carbonyl (C=O) groups excluding carboxylic acids is 1. The van der Waals surface area contributed by atoms with Gasteiger partial charge in [-0.3, -0.25) is 9.69 Å². The molecule has 2 aromatic carbocycles. The van der Waals surface area contributed by atoms with E-state index in [0.29, 0.717) is 11.4 Å². The Labute approximate surface area is 174 Å². The molecule has 1 saturated heterocycles. The average molecular weight is 448 g/mol. The van der Waals surface area contributed by atoms with E-state index in [1.54, 1.807) is 0 Å². The van der Waals surface area contributed by atoms with Crippen molar-refractivity contribution in [2.24, 2.45) is 0 Å². The minimum Gasteiger partial charge on any atom is -0.339 e. The molecule has 0 spiro atoms. The van der Waals surface area contributed by atoms with Crippen molar-refractivity contribution in [3.63, 3.8) is 0 Å². The van der Waals surface area contributed by atoms with Crippen LogP contribution in [0, 0.1) is 0 Å². The number of hydrogen-bond donors (Lipinski definition) is 0. The summed E-state index contributed by atoms with van der Waals surface area (Å²) in [6.45, 7) is 4.24. The number of hydrogen-bond acceptors (Lipinski definition) is 2. The lowest BCUT2D eigenvalue weighted by Gasteiger charge is -2.35. The molecule has 1 atom stereocenters. The van der Waals surface area contributed by atoms with Crippen molar-refractivity contribution in [2.75, 3.05) is 32.7 Å². The van der Waals surface area contributed by atoms with Crippen molar-refractivity contribution >= 4 is 39.5 Å². The number of halogens is 2. The van der Waals surface area contributed by atoms with E-state index < -0.39 is 0 Å². The van der Waals surface area contributed by atoms with Gasteiger partial charge in [-0.15, -0.1) is 0 Å². The fourth-order valence-electron chi connectivity index (χ4n) is 3.20. The van der Waals surface area contributed by atoms with E-state index in [2.05, 4.69) is 45.1 Å². The normalized spacial score (nSPS) is 16.6. The van der Waals surface area contributed by atoms with Gasteiger partial charge in [-0.1, -0.05) is 88.2 Å². The molecule has 1 aliphatic rings. The minimum absolute atomic E-state index is 0.148. The van der Waals surface area contributed by atoms with Gasteiger partial charge in [0.25, 0.3) is 0 Å². The largest absolute Gasteiger partial charge is 0.339 e. The molecular weight excluding hydrogens is 424 g/mol. The van der Waals surface area contributed by atoms with Crippen molar-refractivity contribution < 1.29 is 4.79 Å². The summed E-state index contributed by atoms with van der Waals surface area (Å²) >= 11 is 9.77. The standard InChI is InChI=1S/C22H24BrClN2O/c23-20(17-19-10-4-5-11-21(19)24)22(27)26-15-13-25(14-16-26)12-6-9-18-7-2-1-3-8-18/h1-11,20H,12-17H2/b9-6+. The molecule has 0 bridgehead atoms. The van der Waals surface area contributed by atoms with Gasteiger partial charge in [0.2, 0.25) is 5.91 Å². The van der Waals surface area contributed by atoms with Gasteiger partial charge in [0.15, 0.2) is 0 Å². The first kappa shape index (κ1) is 20.1. The number of rotatable bonds is 6. The van der Waals surface area contributed by atoms with Crippen LogP contribution in [0.1, 0.15) is 11.1 Å². The minimum atomic E-state index is -0.234. The highest BCUT2D eigenvalue weighted by atomic mass is 79.9. The van der Waals surface area contributed by atoms with Crippen LogP contribution in [-0.2, 0) is 11.2 Å². The Morgan fingerprint density at radius 2 is 1.70 bits per heavy atom. The molecular formula is C22H24BrClN2O. The first-order valence-electron chi connectivity index (χ1n) is 9.23. The summed E-state index contributed by atoms with van der Waals surface area (Å²) in [5.41, 5.74) is 2.21. The topological polar surface area (TPSA) is 23.6 Å². The average Bonchev–Trinajstić information content (AvgIpc) is 2.70. The van der Waals surface area contributed by atoms with E-state index in [1.165, 1.54) is 5.56 Å². The Morgan fingerprint density at radius 1 is 1.04 bits per heavy atom. The molecule has 3 nitrogen and oxygen atoms in total. The second kappa shape index (κ2) is 10.1. The van der Waals surface area contributed by atoms with Crippen molar-refractivity contribution in [1.82, 2.24) is 9.80 Å². The molecule has 5 heteroatoms. The summed E-state index contributed by atoms with van der Waals surface area (Å²) in [6.07, 6.45) is 4.95. The van der Waals surface area contributed by atoms with Crippen molar-refractivity contribution in [1.29, 1.82) is 0 Å². The Kier molecular flexibility index (Phi) is 7.50. The molecule has 1 unspecified atom stereocenters. The monoisotopic (exact) mass is 446 g/mol. The first-order chi connectivity index (χ1) is 13.1. The fourth-order valence-corrected chi connectivity index (χ4v) is 4.05. The SMILES string of the molecule is O=C(C(Br)Cc1ccccc1Cl)N1CCN(C/C=C/c2ccccc2)CC1. The van der Waals surface area contributed by atoms with E-state index in [1.807, 2.05) is 47.4 Å². The summed E-state index contributed by atoms with van der Waals surface area (Å²) < 4.78 is 0. The third kappa shape index (κ3) is 5.93. The molecule has 2 aromatic rings. The molecule has 1 heterocycles. The number of nitrogens with zero attached hydrogens (tertiary/aromatic N) is 2. The van der Waals surface area contributed by atoms with Gasteiger partial charge >= 0.3 is 0 Å². The Morgan fingerprint density at radius 3 is 2.41 bits per heavy atom. The molecule has 0 N–H and O–H groups in total. The van der Waals surface area contributed by atoms with Crippen LogP contribution in [0.5, 0.6) is 0 Å². The predicted octanol–water partition coefficient (Wildman–Crippen LogP) is 4.50. The van der Waals surface area contributed by atoms with E-state index >= 15 is 0 Å². The highest BCUT2D eigenvalue weighted by Crippen LogP contribution is 2.21. The molecule has 0 radical (unpaired) electrons. The van der Waals surface area contributed by atoms with E-state index in [-0.39, 0.29) is 10.7 Å². The van der Waals surface area contributed by atoms with E-state index in [0.717, 1.165) is 38.3 Å². The zero-order chi connectivity index (χ0) is 19.1. The van der Waals surface area contributed by atoms with Gasteiger partial charge in [0, 0.05) is 37.7 Å². The highest BCUT2D eigenvalue weighted by Gasteiger charge is 2.26. The van der Waals surface area contributed by atoms with Gasteiger partial charge in [0.1, 0.15) is 0 Å². The summed E-state index contributed by atoms with van der Waals surface area (Å²) in [6, 6.07) is 18.0. The molecule has 0 aromatic heterocycles. The fraction of sp³-hybridized carbons (Fsp3) is 0.318. The zero-order valence-electron chi connectivity index (χ0n) is 15.2. The van der Waals surface area contributed by atoms with Crippen LogP contribution in [-0.4, -0.2) is 53.3 Å². The summed E-state index contributed by atoms with van der Waals surface area (Å²) in [7, 11) is 0. The maximum Gasteiger partial charge on any atom is 0.236 e. The van der Waals surface area contributed by atoms with Gasteiger partial charge in [-0.05, 0) is 23.6 Å². The lowest BCUT2D eigenvalue weighted by molar-refractivity contribution is -0.132. The predicted molar refractivity (Wildman–Crippen MR) is 116 cm³/mol. The molecule has 0 aliphatic carbocycles. The molecule has 1 amide bonds. The third-order valence-corrected chi connectivity index (χ3v) is 5.87. The lowest BCUT2D eigenvalue weighted by Crippen LogP contribution is -2.50. The first-order valence-corrected chi connectivity index (χ1v) is 10.5. The van der Waals surface area contributed by atoms with Gasteiger partial charge in [-0.2, -0.15) is 0 Å². The van der Waals surface area contributed by atoms with Gasteiger partial charge in [-0.25, -0.2) is 0 Å². The molecule has 3 rings (SSSR count). The maximum atomic E-state index is 12.7. The Bertz CT molecular complexity index is 773. The molecule has 142 valence electrons. The van der Waals surface area contributed by atoms with Crippen LogP contribution in [0.15, 0.2) is 60.7 Å². The van der Waals surface area contributed by atoms with Crippen LogP contribution in [0.2, 0.25) is 5.02 Å². The van der Waals surface area contributed by atoms with Crippen molar-refractivity contribution in [3.8, 4) is 0 Å². The molecule has 0 saturated carbocycles. The van der Waals surface area contributed by atoms with Gasteiger partial charge in [0.05, 0.1) is 4.83 Å². The second-order valence-corrected chi connectivity index (χ2v) is 8.21. The van der Waals surface area contributed by atoms with Crippen LogP contribution in [0.4, 0.5) is 0 Å². The molecule has 1 aliphatic heterocycles. The highest BCUT2D eigenvalue weighted by molar-refractivity contribution is 9.10. The Hall–Kier alpha value is -1.62. The van der Waals surface area contributed by atoms with Crippen molar-refractivity contribution in [3.05, 3.63) is 76.8 Å². The Balaban J connectivity index is 1.45. The van der Waals surface area contributed by atoms with E-state index in [9.17, 15) is 4.79 Å². The molecule has 27 heavy (non-hydrogen) atoms. The second-order valence-electron chi connectivity index (χ2n) is 6.70. The van der Waals surface area contributed by atoms with E-state index in [4.69, 9.17) is 11.6 Å². The van der Waals surface area contributed by atoms with Crippen LogP contribution in [0.25, 0.3) is 6.08 Å². The van der Waals surface area contributed by atoms with Crippen LogP contribution >= 0.6 is 27.5 Å². The molecule has 1 fully saturated rings. The number of benzene rings is 2. The third-order valence-electron chi connectivity index (χ3n) is 4.78. The summed E-state index contributed by atoms with van der Waals surface area (Å²) in [5, 5.41) is 0.713. The van der Waals surface area contributed by atoms with Crippen molar-refractivity contribution in [2.45, 2.75) is 11.2 Å². The zero-order valence-corrected chi connectivity index (χ0v) is 17.6. The number of alkyl halides is 1. The smallest absolute Gasteiger partial charge is 0.236 e. The summed E-state index contributed by atoms with van der Waals surface area (Å²) in [4.78, 5) is 16.8. The van der Waals surface area contributed by atoms with Crippen LogP contribution < -0.4 is 0 Å².